The van der Waals surface area contributed by atoms with Crippen molar-refractivity contribution in [3.8, 4) is 0 Å². The molecule has 1 amide bonds. The van der Waals surface area contributed by atoms with Crippen LogP contribution in [0.5, 0.6) is 0 Å². The maximum atomic E-state index is 13.8. The molecule has 1 N–H and O–H groups in total. The highest BCUT2D eigenvalue weighted by molar-refractivity contribution is 5.78. The third-order valence-electron chi connectivity index (χ3n) is 6.20. The van der Waals surface area contributed by atoms with Gasteiger partial charge in [0.1, 0.15) is 5.82 Å². The van der Waals surface area contributed by atoms with Gasteiger partial charge in [-0.15, -0.1) is 0 Å². The van der Waals surface area contributed by atoms with E-state index in [0.29, 0.717) is 6.54 Å². The lowest BCUT2D eigenvalue weighted by Crippen LogP contribution is -2.42. The van der Waals surface area contributed by atoms with Gasteiger partial charge in [-0.3, -0.25) is 9.69 Å². The highest BCUT2D eigenvalue weighted by atomic mass is 19.1. The highest BCUT2D eigenvalue weighted by Gasteiger charge is 2.25. The second kappa shape index (κ2) is 10.4. The maximum absolute atomic E-state index is 13.8. The Bertz CT molecular complexity index is 620. The summed E-state index contributed by atoms with van der Waals surface area (Å²) in [6.07, 6.45) is 4.09. The Morgan fingerprint density at radius 1 is 1.11 bits per heavy atom. The van der Waals surface area contributed by atoms with Gasteiger partial charge in [-0.1, -0.05) is 32.0 Å². The van der Waals surface area contributed by atoms with Crippen LogP contribution in [0.1, 0.15) is 45.1 Å². The van der Waals surface area contributed by atoms with E-state index < -0.39 is 0 Å². The fourth-order valence-corrected chi connectivity index (χ4v) is 4.85. The summed E-state index contributed by atoms with van der Waals surface area (Å²) in [5.41, 5.74) is 0.742. The van der Waals surface area contributed by atoms with Gasteiger partial charge >= 0.3 is 0 Å². The van der Waals surface area contributed by atoms with Crippen LogP contribution in [-0.4, -0.2) is 55.0 Å². The number of carbonyl (C=O) groups excluding carboxylic acids is 1. The predicted octanol–water partition coefficient (Wildman–Crippen LogP) is 3.52. The summed E-state index contributed by atoms with van der Waals surface area (Å²) in [6.45, 7) is 11.3. The van der Waals surface area contributed by atoms with Crippen molar-refractivity contribution in [3.05, 3.63) is 35.6 Å². The van der Waals surface area contributed by atoms with Gasteiger partial charge < -0.3 is 10.2 Å². The van der Waals surface area contributed by atoms with Crippen molar-refractivity contribution in [1.29, 1.82) is 0 Å². The van der Waals surface area contributed by atoms with Crippen molar-refractivity contribution in [2.45, 2.75) is 46.1 Å². The Balaban J connectivity index is 1.31. The summed E-state index contributed by atoms with van der Waals surface area (Å²) in [4.78, 5) is 17.3. The summed E-state index contributed by atoms with van der Waals surface area (Å²) in [5.74, 6) is 1.73. The Kier molecular flexibility index (Phi) is 7.86. The molecule has 0 aromatic heterocycles. The minimum absolute atomic E-state index is 0.104. The molecule has 0 bridgehead atoms. The van der Waals surface area contributed by atoms with Crippen LogP contribution in [0.15, 0.2) is 24.3 Å². The van der Waals surface area contributed by atoms with Crippen LogP contribution in [0.3, 0.4) is 0 Å². The van der Waals surface area contributed by atoms with Crippen molar-refractivity contribution in [2.75, 3.05) is 39.3 Å². The zero-order valence-corrected chi connectivity index (χ0v) is 17.5. The van der Waals surface area contributed by atoms with E-state index in [9.17, 15) is 9.18 Å². The van der Waals surface area contributed by atoms with Gasteiger partial charge in [-0.05, 0) is 63.2 Å². The van der Waals surface area contributed by atoms with Crippen LogP contribution >= 0.6 is 0 Å². The summed E-state index contributed by atoms with van der Waals surface area (Å²) >= 11 is 0. The number of amides is 1. The van der Waals surface area contributed by atoms with Gasteiger partial charge in [0.05, 0.1) is 0 Å². The maximum Gasteiger partial charge on any atom is 0.223 e. The number of halogens is 1. The molecule has 2 atom stereocenters. The van der Waals surface area contributed by atoms with Gasteiger partial charge in [0.15, 0.2) is 0 Å². The number of likely N-dealkylation sites (tertiary alicyclic amines) is 2. The fourth-order valence-electron chi connectivity index (χ4n) is 4.85. The van der Waals surface area contributed by atoms with Crippen molar-refractivity contribution >= 4 is 5.91 Å². The van der Waals surface area contributed by atoms with Gasteiger partial charge in [-0.25, -0.2) is 4.39 Å². The van der Waals surface area contributed by atoms with E-state index in [1.54, 1.807) is 6.07 Å². The summed E-state index contributed by atoms with van der Waals surface area (Å²) in [6, 6.07) is 6.96. The lowest BCUT2D eigenvalue weighted by molar-refractivity contribution is -0.126. The standard InChI is InChI=1S/C23H36FN3O/c1-18-14-19(2)16-27(15-18)11-5-10-25-23(28)20-8-12-26(13-9-20)17-21-6-3-4-7-22(21)24/h3-4,6-7,18-20H,5,8-17H2,1-2H3,(H,25,28)/t18-,19-/m1/s1. The first-order valence-corrected chi connectivity index (χ1v) is 11.0. The molecular formula is C23H36FN3O. The zero-order chi connectivity index (χ0) is 19.9. The summed E-state index contributed by atoms with van der Waals surface area (Å²) in [5, 5.41) is 3.14. The van der Waals surface area contributed by atoms with Gasteiger partial charge in [-0.2, -0.15) is 0 Å². The molecule has 0 spiro atoms. The largest absolute Gasteiger partial charge is 0.356 e. The quantitative estimate of drug-likeness (QED) is 0.725. The fraction of sp³-hybridized carbons (Fsp3) is 0.696. The molecule has 0 unspecified atom stereocenters. The summed E-state index contributed by atoms with van der Waals surface area (Å²) in [7, 11) is 0. The molecule has 1 aromatic rings. The van der Waals surface area contributed by atoms with Crippen molar-refractivity contribution in [3.63, 3.8) is 0 Å². The highest BCUT2D eigenvalue weighted by Crippen LogP contribution is 2.21. The van der Waals surface area contributed by atoms with Crippen LogP contribution in [-0.2, 0) is 11.3 Å². The average molecular weight is 390 g/mol. The van der Waals surface area contributed by atoms with E-state index in [1.807, 2.05) is 12.1 Å². The molecule has 0 aliphatic carbocycles. The molecule has 0 radical (unpaired) electrons. The number of rotatable bonds is 7. The third kappa shape index (κ3) is 6.28. The molecule has 2 fully saturated rings. The molecule has 2 heterocycles. The topological polar surface area (TPSA) is 35.6 Å². The zero-order valence-electron chi connectivity index (χ0n) is 17.5. The average Bonchev–Trinajstić information content (AvgIpc) is 2.67. The molecule has 28 heavy (non-hydrogen) atoms. The minimum atomic E-state index is -0.139. The van der Waals surface area contributed by atoms with E-state index in [4.69, 9.17) is 0 Å². The first-order valence-electron chi connectivity index (χ1n) is 11.0. The van der Waals surface area contributed by atoms with Crippen molar-refractivity contribution in [1.82, 2.24) is 15.1 Å². The molecular weight excluding hydrogens is 353 g/mol. The van der Waals surface area contributed by atoms with E-state index in [-0.39, 0.29) is 17.6 Å². The number of nitrogens with zero attached hydrogens (tertiary/aromatic N) is 2. The molecule has 2 aliphatic rings. The third-order valence-corrected chi connectivity index (χ3v) is 6.20. The van der Waals surface area contributed by atoms with Crippen LogP contribution in [0.25, 0.3) is 0 Å². The van der Waals surface area contributed by atoms with E-state index >= 15 is 0 Å². The second-order valence-corrected chi connectivity index (χ2v) is 8.99. The molecule has 3 rings (SSSR count). The van der Waals surface area contributed by atoms with Crippen LogP contribution in [0.2, 0.25) is 0 Å². The second-order valence-electron chi connectivity index (χ2n) is 8.99. The lowest BCUT2D eigenvalue weighted by Gasteiger charge is -2.35. The SMILES string of the molecule is C[C@@H]1C[C@@H](C)CN(CCCNC(=O)C2CCN(Cc3ccccc3F)CC2)C1. The molecule has 4 nitrogen and oxygen atoms in total. The van der Waals surface area contributed by atoms with Gasteiger partial charge in [0.2, 0.25) is 5.91 Å². The Hall–Kier alpha value is -1.46. The van der Waals surface area contributed by atoms with Crippen LogP contribution in [0.4, 0.5) is 4.39 Å². The van der Waals surface area contributed by atoms with Crippen molar-refractivity contribution in [2.24, 2.45) is 17.8 Å². The number of hydrogen-bond acceptors (Lipinski definition) is 3. The van der Waals surface area contributed by atoms with Gasteiger partial charge in [0.25, 0.3) is 0 Å². The number of carbonyl (C=O) groups is 1. The molecule has 0 saturated carbocycles. The van der Waals surface area contributed by atoms with E-state index in [2.05, 4.69) is 29.0 Å². The predicted molar refractivity (Wildman–Crippen MR) is 111 cm³/mol. The number of piperidine rings is 2. The first kappa shape index (κ1) is 21.3. The number of hydrogen-bond donors (Lipinski definition) is 1. The number of nitrogens with one attached hydrogen (secondary N) is 1. The lowest BCUT2D eigenvalue weighted by atomic mass is 9.92. The smallest absolute Gasteiger partial charge is 0.223 e. The molecule has 5 heteroatoms. The molecule has 2 saturated heterocycles. The summed E-state index contributed by atoms with van der Waals surface area (Å²) < 4.78 is 13.8. The van der Waals surface area contributed by atoms with Crippen LogP contribution < -0.4 is 5.32 Å². The van der Waals surface area contributed by atoms with Crippen molar-refractivity contribution < 1.29 is 9.18 Å². The minimum Gasteiger partial charge on any atom is -0.356 e. The van der Waals surface area contributed by atoms with E-state index in [1.165, 1.54) is 25.6 Å². The van der Waals surface area contributed by atoms with Gasteiger partial charge in [0, 0.05) is 37.7 Å². The number of benzene rings is 1. The normalized spacial score (nSPS) is 25.0. The molecule has 156 valence electrons. The Labute approximate surface area is 169 Å². The first-order chi connectivity index (χ1) is 13.5. The monoisotopic (exact) mass is 389 g/mol. The van der Waals surface area contributed by atoms with E-state index in [0.717, 1.165) is 62.8 Å². The Morgan fingerprint density at radius 3 is 2.46 bits per heavy atom. The Morgan fingerprint density at radius 2 is 1.79 bits per heavy atom. The van der Waals surface area contributed by atoms with Crippen LogP contribution in [0, 0.1) is 23.6 Å². The molecule has 1 aromatic carbocycles. The molecule has 2 aliphatic heterocycles.